The van der Waals surface area contributed by atoms with Gasteiger partial charge in [-0.25, -0.2) is 13.6 Å². The number of urea groups is 1. The predicted octanol–water partition coefficient (Wildman–Crippen LogP) is 3.03. The minimum Gasteiger partial charge on any atom is -0.334 e. The first-order valence-electron chi connectivity index (χ1n) is 8.85. The van der Waals surface area contributed by atoms with Gasteiger partial charge in [0.1, 0.15) is 11.6 Å². The van der Waals surface area contributed by atoms with Crippen LogP contribution in [0.2, 0.25) is 0 Å². The van der Waals surface area contributed by atoms with Gasteiger partial charge in [-0.3, -0.25) is 4.90 Å². The van der Waals surface area contributed by atoms with Gasteiger partial charge in [-0.1, -0.05) is 30.3 Å². The molecule has 0 aliphatic carbocycles. The Balaban J connectivity index is 1.39. The van der Waals surface area contributed by atoms with Gasteiger partial charge in [0.2, 0.25) is 0 Å². The normalized spacial score (nSPS) is 15.1. The number of nitrogens with zero attached hydrogens (tertiary/aromatic N) is 2. The zero-order valence-corrected chi connectivity index (χ0v) is 14.6. The Morgan fingerprint density at radius 3 is 2.35 bits per heavy atom. The van der Waals surface area contributed by atoms with Crippen molar-refractivity contribution in [2.45, 2.75) is 13.0 Å². The zero-order chi connectivity index (χ0) is 18.4. The van der Waals surface area contributed by atoms with Crippen LogP contribution in [0.3, 0.4) is 0 Å². The predicted molar refractivity (Wildman–Crippen MR) is 96.8 cm³/mol. The molecular formula is C20H23F2N3O. The van der Waals surface area contributed by atoms with E-state index in [-0.39, 0.29) is 24.2 Å². The quantitative estimate of drug-likeness (QED) is 0.891. The van der Waals surface area contributed by atoms with E-state index >= 15 is 0 Å². The van der Waals surface area contributed by atoms with E-state index in [1.807, 2.05) is 12.1 Å². The molecule has 2 aromatic rings. The van der Waals surface area contributed by atoms with Crippen LogP contribution in [0.1, 0.15) is 11.1 Å². The molecule has 1 aliphatic rings. The molecule has 2 aromatic carbocycles. The molecule has 1 N–H and O–H groups in total. The van der Waals surface area contributed by atoms with Crippen LogP contribution in [0.25, 0.3) is 0 Å². The summed E-state index contributed by atoms with van der Waals surface area (Å²) in [4.78, 5) is 16.3. The second kappa shape index (κ2) is 8.76. The van der Waals surface area contributed by atoms with Gasteiger partial charge in [-0.15, -0.1) is 0 Å². The maximum atomic E-state index is 13.6. The van der Waals surface area contributed by atoms with E-state index < -0.39 is 0 Å². The molecule has 0 radical (unpaired) electrons. The number of halogens is 2. The summed E-state index contributed by atoms with van der Waals surface area (Å²) in [6.07, 6.45) is 0.861. The first kappa shape index (κ1) is 18.3. The molecule has 0 saturated carbocycles. The molecule has 1 saturated heterocycles. The van der Waals surface area contributed by atoms with Crippen LogP contribution in [0.15, 0.2) is 48.5 Å². The van der Waals surface area contributed by atoms with Crippen molar-refractivity contribution in [3.8, 4) is 0 Å². The number of nitrogens with one attached hydrogen (secondary N) is 1. The van der Waals surface area contributed by atoms with E-state index in [1.54, 1.807) is 23.1 Å². The number of piperazine rings is 1. The summed E-state index contributed by atoms with van der Waals surface area (Å²) < 4.78 is 26.5. The molecule has 0 bridgehead atoms. The summed E-state index contributed by atoms with van der Waals surface area (Å²) >= 11 is 0. The van der Waals surface area contributed by atoms with Crippen LogP contribution in [-0.2, 0) is 13.0 Å². The van der Waals surface area contributed by atoms with Gasteiger partial charge in [0.05, 0.1) is 0 Å². The summed E-state index contributed by atoms with van der Waals surface area (Å²) in [6, 6.07) is 12.9. The number of hydrogen-bond acceptors (Lipinski definition) is 2. The fraction of sp³-hybridized carbons (Fsp3) is 0.350. The fourth-order valence-electron chi connectivity index (χ4n) is 3.04. The van der Waals surface area contributed by atoms with Crippen molar-refractivity contribution < 1.29 is 13.6 Å². The molecule has 0 aromatic heterocycles. The Morgan fingerprint density at radius 1 is 0.962 bits per heavy atom. The highest BCUT2D eigenvalue weighted by Crippen LogP contribution is 2.09. The van der Waals surface area contributed by atoms with E-state index in [2.05, 4.69) is 10.2 Å². The van der Waals surface area contributed by atoms with Gasteiger partial charge >= 0.3 is 6.03 Å². The lowest BCUT2D eigenvalue weighted by atomic mass is 10.1. The van der Waals surface area contributed by atoms with Crippen molar-refractivity contribution in [3.05, 3.63) is 71.3 Å². The van der Waals surface area contributed by atoms with Gasteiger partial charge in [-0.2, -0.15) is 0 Å². The van der Waals surface area contributed by atoms with Crippen LogP contribution in [0.5, 0.6) is 0 Å². The van der Waals surface area contributed by atoms with Gasteiger partial charge in [-0.05, 0) is 30.2 Å². The van der Waals surface area contributed by atoms with Crippen LogP contribution in [0, 0.1) is 11.6 Å². The lowest BCUT2D eigenvalue weighted by molar-refractivity contribution is 0.140. The van der Waals surface area contributed by atoms with E-state index in [4.69, 9.17) is 0 Å². The molecule has 0 spiro atoms. The van der Waals surface area contributed by atoms with Crippen LogP contribution < -0.4 is 5.32 Å². The first-order chi connectivity index (χ1) is 12.6. The smallest absolute Gasteiger partial charge is 0.317 e. The minimum absolute atomic E-state index is 0.161. The Kier molecular flexibility index (Phi) is 6.17. The Hall–Kier alpha value is -2.47. The summed E-state index contributed by atoms with van der Waals surface area (Å²) in [6.45, 7) is 3.97. The Bertz CT molecular complexity index is 728. The van der Waals surface area contributed by atoms with Gasteiger partial charge in [0.15, 0.2) is 0 Å². The average Bonchev–Trinajstić information content (AvgIpc) is 2.67. The lowest BCUT2D eigenvalue weighted by Gasteiger charge is -2.34. The largest absolute Gasteiger partial charge is 0.334 e. The minimum atomic E-state index is -0.307. The van der Waals surface area contributed by atoms with E-state index in [0.717, 1.165) is 31.6 Å². The highest BCUT2D eigenvalue weighted by molar-refractivity contribution is 5.74. The third kappa shape index (κ3) is 5.02. The molecule has 3 rings (SSSR count). The molecule has 1 heterocycles. The maximum absolute atomic E-state index is 13.6. The molecule has 4 nitrogen and oxygen atoms in total. The van der Waals surface area contributed by atoms with E-state index in [9.17, 15) is 13.6 Å². The number of carbonyl (C=O) groups is 1. The summed E-state index contributed by atoms with van der Waals surface area (Å²) in [5.74, 6) is -0.526. The second-order valence-electron chi connectivity index (χ2n) is 6.46. The van der Waals surface area contributed by atoms with E-state index in [0.29, 0.717) is 18.7 Å². The highest BCUT2D eigenvalue weighted by atomic mass is 19.1. The second-order valence-corrected chi connectivity index (χ2v) is 6.46. The van der Waals surface area contributed by atoms with Crippen LogP contribution in [0.4, 0.5) is 13.6 Å². The number of hydrogen-bond donors (Lipinski definition) is 1. The summed E-state index contributed by atoms with van der Waals surface area (Å²) in [5, 5.41) is 2.78. The standard InChI is InChI=1S/C20H23F2N3O/c21-18-7-5-16(6-8-18)9-10-24-11-13-25(14-12-24)20(26)23-15-17-3-1-2-4-19(17)22/h1-8H,9-15H2,(H,23,26). The molecule has 1 aliphatic heterocycles. The zero-order valence-electron chi connectivity index (χ0n) is 14.6. The third-order valence-corrected chi connectivity index (χ3v) is 4.68. The lowest BCUT2D eigenvalue weighted by Crippen LogP contribution is -2.51. The molecular weight excluding hydrogens is 336 g/mol. The van der Waals surface area contributed by atoms with E-state index in [1.165, 1.54) is 18.2 Å². The topological polar surface area (TPSA) is 35.6 Å². The monoisotopic (exact) mass is 359 g/mol. The number of amides is 2. The fourth-order valence-corrected chi connectivity index (χ4v) is 3.04. The SMILES string of the molecule is O=C(NCc1ccccc1F)N1CCN(CCc2ccc(F)cc2)CC1. The van der Waals surface area contributed by atoms with Crippen LogP contribution in [-0.4, -0.2) is 48.6 Å². The summed E-state index contributed by atoms with van der Waals surface area (Å²) in [5.41, 5.74) is 1.59. The first-order valence-corrected chi connectivity index (χ1v) is 8.85. The number of carbonyl (C=O) groups excluding carboxylic acids is 1. The Morgan fingerprint density at radius 2 is 1.65 bits per heavy atom. The number of benzene rings is 2. The van der Waals surface area contributed by atoms with Crippen molar-refractivity contribution in [1.82, 2.24) is 15.1 Å². The molecule has 1 fully saturated rings. The molecule has 0 atom stereocenters. The molecule has 2 amide bonds. The van der Waals surface area contributed by atoms with Gasteiger partial charge < -0.3 is 10.2 Å². The van der Waals surface area contributed by atoms with Crippen molar-refractivity contribution in [1.29, 1.82) is 0 Å². The molecule has 138 valence electrons. The van der Waals surface area contributed by atoms with Crippen molar-refractivity contribution in [2.24, 2.45) is 0 Å². The van der Waals surface area contributed by atoms with Gasteiger partial charge in [0, 0.05) is 44.8 Å². The van der Waals surface area contributed by atoms with Gasteiger partial charge in [0.25, 0.3) is 0 Å². The van der Waals surface area contributed by atoms with Crippen LogP contribution >= 0.6 is 0 Å². The molecule has 6 heteroatoms. The number of rotatable bonds is 5. The van der Waals surface area contributed by atoms with Crippen molar-refractivity contribution in [3.63, 3.8) is 0 Å². The summed E-state index contributed by atoms with van der Waals surface area (Å²) in [7, 11) is 0. The average molecular weight is 359 g/mol. The van der Waals surface area contributed by atoms with Crippen molar-refractivity contribution in [2.75, 3.05) is 32.7 Å². The Labute approximate surface area is 152 Å². The molecule has 26 heavy (non-hydrogen) atoms. The highest BCUT2D eigenvalue weighted by Gasteiger charge is 2.20. The third-order valence-electron chi connectivity index (χ3n) is 4.68. The van der Waals surface area contributed by atoms with Crippen molar-refractivity contribution >= 4 is 6.03 Å². The maximum Gasteiger partial charge on any atom is 0.317 e. The molecule has 0 unspecified atom stereocenters.